The predicted molar refractivity (Wildman–Crippen MR) is 134 cm³/mol. The van der Waals surface area contributed by atoms with Crippen LogP contribution in [-0.4, -0.2) is 24.8 Å². The van der Waals surface area contributed by atoms with Crippen molar-refractivity contribution in [2.75, 3.05) is 13.7 Å². The van der Waals surface area contributed by atoms with Crippen LogP contribution < -0.4 is 4.74 Å². The van der Waals surface area contributed by atoms with Gasteiger partial charge in [0.1, 0.15) is 0 Å². The number of esters is 1. The Morgan fingerprint density at radius 3 is 2.06 bits per heavy atom. The molecule has 0 heterocycles. The molecule has 1 aromatic rings. The summed E-state index contributed by atoms with van der Waals surface area (Å²) in [5.74, 6) is 0.102. The fraction of sp³-hybridized carbons (Fsp3) is 0.607. The molecule has 0 saturated heterocycles. The van der Waals surface area contributed by atoms with E-state index in [1.54, 1.807) is 24.3 Å². The van der Waals surface area contributed by atoms with E-state index in [2.05, 4.69) is 19.1 Å². The molecule has 0 aromatic heterocycles. The summed E-state index contributed by atoms with van der Waals surface area (Å²) in [5.41, 5.74) is 0.720. The second kappa shape index (κ2) is 19.5. The van der Waals surface area contributed by atoms with Crippen LogP contribution in [0.1, 0.15) is 102 Å². The first kappa shape index (κ1) is 27.8. The topological polar surface area (TPSA) is 55.8 Å². The molecule has 0 radical (unpaired) electrons. The van der Waals surface area contributed by atoms with E-state index in [-0.39, 0.29) is 11.7 Å². The lowest BCUT2D eigenvalue weighted by molar-refractivity contribution is -0.137. The Balaban J connectivity index is 1.92. The predicted octanol–water partition coefficient (Wildman–Crippen LogP) is 7.99. The van der Waals surface area contributed by atoms with Gasteiger partial charge < -0.3 is 14.6 Å². The van der Waals surface area contributed by atoms with E-state index in [0.29, 0.717) is 12.4 Å². The monoisotopic (exact) mass is 444 g/mol. The maximum Gasteiger partial charge on any atom is 0.330 e. The van der Waals surface area contributed by atoms with Crippen LogP contribution in [-0.2, 0) is 9.53 Å². The molecule has 0 unspecified atom stereocenters. The molecule has 0 saturated carbocycles. The van der Waals surface area contributed by atoms with Crippen LogP contribution in [0.2, 0.25) is 0 Å². The van der Waals surface area contributed by atoms with Gasteiger partial charge in [-0.1, -0.05) is 82.9 Å². The number of rotatable bonds is 19. The van der Waals surface area contributed by atoms with Crippen LogP contribution >= 0.6 is 0 Å². The normalized spacial score (nSPS) is 11.4. The average Bonchev–Trinajstić information content (AvgIpc) is 2.79. The number of carbonyl (C=O) groups is 1. The molecular formula is C28H44O4. The van der Waals surface area contributed by atoms with Crippen molar-refractivity contribution >= 4 is 12.0 Å². The molecule has 0 spiro atoms. The number of allylic oxidation sites excluding steroid dienone is 2. The zero-order valence-corrected chi connectivity index (χ0v) is 20.3. The first-order valence-electron chi connectivity index (χ1n) is 12.5. The van der Waals surface area contributed by atoms with Crippen molar-refractivity contribution < 1.29 is 19.4 Å². The first-order valence-corrected chi connectivity index (χ1v) is 12.5. The minimum Gasteiger partial charge on any atom is -0.504 e. The summed E-state index contributed by atoms with van der Waals surface area (Å²) >= 11 is 0. The van der Waals surface area contributed by atoms with Crippen LogP contribution in [0, 0.1) is 0 Å². The Morgan fingerprint density at radius 2 is 1.47 bits per heavy atom. The summed E-state index contributed by atoms with van der Waals surface area (Å²) < 4.78 is 10.2. The van der Waals surface area contributed by atoms with Crippen molar-refractivity contribution in [3.63, 3.8) is 0 Å². The third kappa shape index (κ3) is 14.7. The van der Waals surface area contributed by atoms with E-state index < -0.39 is 0 Å². The lowest BCUT2D eigenvalue weighted by Crippen LogP contribution is -2.02. The number of ether oxygens (including phenoxy) is 2. The molecular weight excluding hydrogens is 400 g/mol. The standard InChI is InChI=1S/C28H44O4/c1-3-4-5-6-7-8-9-10-11-12-13-14-15-16-17-18-23-32-28(30)22-20-25-19-21-27(31-2)26(29)24-25/h10-11,19-22,24,29H,3-9,12-18,23H2,1-2H3/b11-10-,22-20+. The SMILES string of the molecule is CCCCCCCC/C=C\CCCCCCCCOC(=O)/C=C/c1ccc(OC)c(O)c1. The molecule has 0 aliphatic rings. The fourth-order valence-electron chi connectivity index (χ4n) is 3.55. The Labute approximate surface area is 195 Å². The summed E-state index contributed by atoms with van der Waals surface area (Å²) in [5, 5.41) is 9.74. The fourth-order valence-corrected chi connectivity index (χ4v) is 3.55. The number of methoxy groups -OCH3 is 1. The summed E-state index contributed by atoms with van der Waals surface area (Å²) in [6.07, 6.45) is 25.4. The van der Waals surface area contributed by atoms with Crippen molar-refractivity contribution in [1.29, 1.82) is 0 Å². The number of phenolic OH excluding ortho intramolecular Hbond substituents is 1. The molecule has 4 heteroatoms. The van der Waals surface area contributed by atoms with Gasteiger partial charge in [0.05, 0.1) is 13.7 Å². The van der Waals surface area contributed by atoms with Gasteiger partial charge in [-0.3, -0.25) is 0 Å². The molecule has 0 bridgehead atoms. The largest absolute Gasteiger partial charge is 0.504 e. The summed E-state index contributed by atoms with van der Waals surface area (Å²) in [4.78, 5) is 11.8. The number of unbranched alkanes of at least 4 members (excludes halogenated alkanes) is 12. The number of benzene rings is 1. The van der Waals surface area contributed by atoms with Crippen molar-refractivity contribution in [3.05, 3.63) is 42.0 Å². The summed E-state index contributed by atoms with van der Waals surface area (Å²) in [7, 11) is 1.50. The minimum atomic E-state index is -0.354. The quantitative estimate of drug-likeness (QED) is 0.102. The summed E-state index contributed by atoms with van der Waals surface area (Å²) in [6, 6.07) is 4.98. The lowest BCUT2D eigenvalue weighted by atomic mass is 10.1. The molecule has 0 aliphatic heterocycles. The molecule has 180 valence electrons. The Hall–Kier alpha value is -2.23. The first-order chi connectivity index (χ1) is 15.7. The van der Waals surface area contributed by atoms with Gasteiger partial charge in [-0.05, 0) is 55.9 Å². The Bertz CT molecular complexity index is 663. The van der Waals surface area contributed by atoms with Gasteiger partial charge >= 0.3 is 5.97 Å². The van der Waals surface area contributed by atoms with Crippen LogP contribution in [0.4, 0.5) is 0 Å². The maximum absolute atomic E-state index is 11.8. The maximum atomic E-state index is 11.8. The van der Waals surface area contributed by atoms with E-state index in [1.807, 2.05) is 0 Å². The highest BCUT2D eigenvalue weighted by molar-refractivity contribution is 5.87. The second-order valence-corrected chi connectivity index (χ2v) is 8.37. The highest BCUT2D eigenvalue weighted by Gasteiger charge is 2.02. The van der Waals surface area contributed by atoms with Gasteiger partial charge in [0.15, 0.2) is 11.5 Å². The lowest BCUT2D eigenvalue weighted by Gasteiger charge is -2.04. The molecule has 0 aliphatic carbocycles. The number of phenols is 1. The number of hydrogen-bond donors (Lipinski definition) is 1. The van der Waals surface area contributed by atoms with Gasteiger partial charge in [0, 0.05) is 6.08 Å². The molecule has 1 rings (SSSR count). The molecule has 0 fully saturated rings. The van der Waals surface area contributed by atoms with Crippen molar-refractivity contribution in [1.82, 2.24) is 0 Å². The molecule has 0 atom stereocenters. The van der Waals surface area contributed by atoms with Crippen LogP contribution in [0.15, 0.2) is 36.4 Å². The number of aromatic hydroxyl groups is 1. The molecule has 4 nitrogen and oxygen atoms in total. The van der Waals surface area contributed by atoms with Gasteiger partial charge in [-0.15, -0.1) is 0 Å². The highest BCUT2D eigenvalue weighted by atomic mass is 16.5. The van der Waals surface area contributed by atoms with Gasteiger partial charge in [0.25, 0.3) is 0 Å². The smallest absolute Gasteiger partial charge is 0.330 e. The van der Waals surface area contributed by atoms with Crippen LogP contribution in [0.3, 0.4) is 0 Å². The van der Waals surface area contributed by atoms with Crippen LogP contribution in [0.5, 0.6) is 11.5 Å². The zero-order valence-electron chi connectivity index (χ0n) is 20.3. The van der Waals surface area contributed by atoms with Crippen molar-refractivity contribution in [2.45, 2.75) is 96.8 Å². The Morgan fingerprint density at radius 1 is 0.875 bits per heavy atom. The zero-order chi connectivity index (χ0) is 23.3. The number of carbonyl (C=O) groups excluding carboxylic acids is 1. The minimum absolute atomic E-state index is 0.0483. The van der Waals surface area contributed by atoms with Crippen molar-refractivity contribution in [2.24, 2.45) is 0 Å². The average molecular weight is 445 g/mol. The van der Waals surface area contributed by atoms with Gasteiger partial charge in [-0.25, -0.2) is 4.79 Å². The summed E-state index contributed by atoms with van der Waals surface area (Å²) in [6.45, 7) is 2.72. The second-order valence-electron chi connectivity index (χ2n) is 8.37. The van der Waals surface area contributed by atoms with Crippen molar-refractivity contribution in [3.8, 4) is 11.5 Å². The van der Waals surface area contributed by atoms with Gasteiger partial charge in [0.2, 0.25) is 0 Å². The van der Waals surface area contributed by atoms with E-state index in [0.717, 1.165) is 18.4 Å². The molecule has 32 heavy (non-hydrogen) atoms. The molecule has 0 amide bonds. The van der Waals surface area contributed by atoms with Gasteiger partial charge in [-0.2, -0.15) is 0 Å². The third-order valence-corrected chi connectivity index (χ3v) is 5.52. The Kier molecular flexibility index (Phi) is 16.9. The highest BCUT2D eigenvalue weighted by Crippen LogP contribution is 2.26. The van der Waals surface area contributed by atoms with E-state index >= 15 is 0 Å². The van der Waals surface area contributed by atoms with Crippen LogP contribution in [0.25, 0.3) is 6.08 Å². The van der Waals surface area contributed by atoms with E-state index in [4.69, 9.17) is 9.47 Å². The molecule has 1 N–H and O–H groups in total. The van der Waals surface area contributed by atoms with E-state index in [1.165, 1.54) is 90.2 Å². The van der Waals surface area contributed by atoms with E-state index in [9.17, 15) is 9.90 Å². The number of hydrogen-bond acceptors (Lipinski definition) is 4. The molecule has 1 aromatic carbocycles. The third-order valence-electron chi connectivity index (χ3n) is 5.52.